The van der Waals surface area contributed by atoms with E-state index in [0.717, 1.165) is 0 Å². The summed E-state index contributed by atoms with van der Waals surface area (Å²) in [6.45, 7) is 5.50. The van der Waals surface area contributed by atoms with Crippen LogP contribution in [0.25, 0.3) is 0 Å². The summed E-state index contributed by atoms with van der Waals surface area (Å²) in [6.07, 6.45) is 0. The Kier molecular flexibility index (Phi) is 4.56. The van der Waals surface area contributed by atoms with Gasteiger partial charge in [-0.25, -0.2) is 4.79 Å². The first-order valence-corrected chi connectivity index (χ1v) is 6.94. The molecule has 2 N–H and O–H groups in total. The number of ether oxygens (including phenoxy) is 1. The van der Waals surface area contributed by atoms with Crippen LogP contribution in [0.3, 0.4) is 0 Å². The number of esters is 1. The van der Waals surface area contributed by atoms with Gasteiger partial charge in [-0.1, -0.05) is 0 Å². The van der Waals surface area contributed by atoms with E-state index in [4.69, 9.17) is 10.5 Å². The predicted molar refractivity (Wildman–Crippen MR) is 86.6 cm³/mol. The smallest absolute Gasteiger partial charge is 0.338 e. The molecular weight excluding hydrogens is 278 g/mol. The maximum Gasteiger partial charge on any atom is 0.338 e. The minimum atomic E-state index is -0.509. The number of hydrogen-bond acceptors (Lipinski definition) is 5. The molecule has 2 rings (SSSR count). The van der Waals surface area contributed by atoms with Gasteiger partial charge in [0.25, 0.3) is 0 Å². The van der Waals surface area contributed by atoms with E-state index in [2.05, 4.69) is 10.2 Å². The van der Waals surface area contributed by atoms with Crippen LogP contribution in [0.4, 0.5) is 17.1 Å². The highest BCUT2D eigenvalue weighted by Gasteiger charge is 2.17. The summed E-state index contributed by atoms with van der Waals surface area (Å²) in [6, 6.07) is 13.9. The number of nitrogens with two attached hydrogens (primary N) is 1. The third-order valence-electron chi connectivity index (χ3n) is 2.68. The summed E-state index contributed by atoms with van der Waals surface area (Å²) in [5.74, 6) is -0.352. The van der Waals surface area contributed by atoms with Crippen LogP contribution in [0.15, 0.2) is 58.8 Å². The molecule has 0 bridgehead atoms. The molecule has 0 atom stereocenters. The van der Waals surface area contributed by atoms with Crippen molar-refractivity contribution in [3.8, 4) is 0 Å². The summed E-state index contributed by atoms with van der Waals surface area (Å²) in [7, 11) is 0. The fourth-order valence-corrected chi connectivity index (χ4v) is 1.66. The Morgan fingerprint density at radius 1 is 0.909 bits per heavy atom. The van der Waals surface area contributed by atoms with Crippen molar-refractivity contribution in [2.24, 2.45) is 10.2 Å². The first-order valence-electron chi connectivity index (χ1n) is 6.94. The minimum Gasteiger partial charge on any atom is -0.456 e. The SMILES string of the molecule is CC(C)(C)OC(=O)c1ccc(N=Nc2ccc(N)cc2)cc1. The molecule has 0 aliphatic rings. The molecule has 114 valence electrons. The molecule has 2 aromatic carbocycles. The van der Waals surface area contributed by atoms with Crippen LogP contribution < -0.4 is 5.73 Å². The van der Waals surface area contributed by atoms with E-state index in [1.807, 2.05) is 20.8 Å². The van der Waals surface area contributed by atoms with Crippen LogP contribution in [0.1, 0.15) is 31.1 Å². The molecule has 0 saturated carbocycles. The molecule has 0 aliphatic carbocycles. The van der Waals surface area contributed by atoms with Gasteiger partial charge in [-0.05, 0) is 69.3 Å². The van der Waals surface area contributed by atoms with E-state index in [9.17, 15) is 4.79 Å². The Labute approximate surface area is 129 Å². The zero-order valence-electron chi connectivity index (χ0n) is 12.9. The maximum absolute atomic E-state index is 11.9. The molecule has 2 aromatic rings. The maximum atomic E-state index is 11.9. The molecule has 0 aromatic heterocycles. The number of azo groups is 1. The molecule has 0 fully saturated rings. The highest BCUT2D eigenvalue weighted by Crippen LogP contribution is 2.20. The van der Waals surface area contributed by atoms with Crippen molar-refractivity contribution in [3.05, 3.63) is 54.1 Å². The zero-order chi connectivity index (χ0) is 16.2. The second-order valence-electron chi connectivity index (χ2n) is 5.84. The van der Waals surface area contributed by atoms with E-state index in [1.165, 1.54) is 0 Å². The van der Waals surface area contributed by atoms with Gasteiger partial charge in [0, 0.05) is 5.69 Å². The Morgan fingerprint density at radius 3 is 1.82 bits per heavy atom. The lowest BCUT2D eigenvalue weighted by Crippen LogP contribution is -2.23. The van der Waals surface area contributed by atoms with Crippen molar-refractivity contribution < 1.29 is 9.53 Å². The second-order valence-corrected chi connectivity index (χ2v) is 5.84. The van der Waals surface area contributed by atoms with Gasteiger partial charge in [0.2, 0.25) is 0 Å². The monoisotopic (exact) mass is 297 g/mol. The average Bonchev–Trinajstić information content (AvgIpc) is 2.45. The standard InChI is InChI=1S/C17H19N3O2/c1-17(2,3)22-16(21)12-4-8-14(9-5-12)19-20-15-10-6-13(18)7-11-15/h4-11H,18H2,1-3H3. The van der Waals surface area contributed by atoms with E-state index < -0.39 is 5.60 Å². The number of rotatable bonds is 3. The lowest BCUT2D eigenvalue weighted by atomic mass is 10.1. The molecule has 0 spiro atoms. The summed E-state index contributed by atoms with van der Waals surface area (Å²) >= 11 is 0. The fourth-order valence-electron chi connectivity index (χ4n) is 1.66. The molecule has 0 saturated heterocycles. The fraction of sp³-hybridized carbons (Fsp3) is 0.235. The highest BCUT2D eigenvalue weighted by atomic mass is 16.6. The van der Waals surface area contributed by atoms with Crippen LogP contribution in [-0.2, 0) is 4.74 Å². The van der Waals surface area contributed by atoms with E-state index in [0.29, 0.717) is 22.6 Å². The van der Waals surface area contributed by atoms with Gasteiger partial charge in [0.05, 0.1) is 16.9 Å². The number of anilines is 1. The van der Waals surface area contributed by atoms with Gasteiger partial charge in [-0.3, -0.25) is 0 Å². The molecular formula is C17H19N3O2. The van der Waals surface area contributed by atoms with Gasteiger partial charge in [-0.2, -0.15) is 10.2 Å². The van der Waals surface area contributed by atoms with E-state index in [1.54, 1.807) is 48.5 Å². The third-order valence-corrected chi connectivity index (χ3v) is 2.68. The Morgan fingerprint density at radius 2 is 1.36 bits per heavy atom. The first-order chi connectivity index (χ1) is 10.3. The van der Waals surface area contributed by atoms with Gasteiger partial charge < -0.3 is 10.5 Å². The number of benzene rings is 2. The minimum absolute atomic E-state index is 0.352. The molecule has 22 heavy (non-hydrogen) atoms. The molecule has 5 heteroatoms. The van der Waals surface area contributed by atoms with E-state index >= 15 is 0 Å². The van der Waals surface area contributed by atoms with Crippen molar-refractivity contribution in [2.45, 2.75) is 26.4 Å². The zero-order valence-corrected chi connectivity index (χ0v) is 12.9. The van der Waals surface area contributed by atoms with Gasteiger partial charge in [0.1, 0.15) is 5.60 Å². The number of hydrogen-bond donors (Lipinski definition) is 1. The van der Waals surface area contributed by atoms with Gasteiger partial charge >= 0.3 is 5.97 Å². The molecule has 0 amide bonds. The number of nitrogen functional groups attached to an aromatic ring is 1. The van der Waals surface area contributed by atoms with Crippen LogP contribution >= 0.6 is 0 Å². The Hall–Kier alpha value is -2.69. The number of nitrogens with zero attached hydrogens (tertiary/aromatic N) is 2. The molecule has 0 aliphatic heterocycles. The molecule has 0 radical (unpaired) electrons. The van der Waals surface area contributed by atoms with E-state index in [-0.39, 0.29) is 5.97 Å². The van der Waals surface area contributed by atoms with Crippen molar-refractivity contribution in [2.75, 3.05) is 5.73 Å². The van der Waals surface area contributed by atoms with Crippen molar-refractivity contribution >= 4 is 23.0 Å². The molecule has 5 nitrogen and oxygen atoms in total. The molecule has 0 unspecified atom stereocenters. The van der Waals surface area contributed by atoms with Crippen molar-refractivity contribution in [1.29, 1.82) is 0 Å². The second kappa shape index (κ2) is 6.39. The summed E-state index contributed by atoms with van der Waals surface area (Å²) in [5.41, 5.74) is 7.64. The number of carbonyl (C=O) groups is 1. The Balaban J connectivity index is 2.05. The lowest BCUT2D eigenvalue weighted by Gasteiger charge is -2.19. The number of carbonyl (C=O) groups excluding carboxylic acids is 1. The molecule has 0 heterocycles. The van der Waals surface area contributed by atoms with Crippen molar-refractivity contribution in [3.63, 3.8) is 0 Å². The third kappa shape index (κ3) is 4.70. The largest absolute Gasteiger partial charge is 0.456 e. The average molecular weight is 297 g/mol. The van der Waals surface area contributed by atoms with Gasteiger partial charge in [-0.15, -0.1) is 0 Å². The predicted octanol–water partition coefficient (Wildman–Crippen LogP) is 4.64. The topological polar surface area (TPSA) is 77.0 Å². The summed E-state index contributed by atoms with van der Waals surface area (Å²) in [4.78, 5) is 11.9. The highest BCUT2D eigenvalue weighted by molar-refractivity contribution is 5.90. The normalized spacial score (nSPS) is 11.6. The summed E-state index contributed by atoms with van der Waals surface area (Å²) in [5, 5.41) is 8.22. The summed E-state index contributed by atoms with van der Waals surface area (Å²) < 4.78 is 5.30. The van der Waals surface area contributed by atoms with Crippen LogP contribution in [0.5, 0.6) is 0 Å². The van der Waals surface area contributed by atoms with Crippen LogP contribution in [-0.4, -0.2) is 11.6 Å². The quantitative estimate of drug-likeness (QED) is 0.509. The van der Waals surface area contributed by atoms with Crippen LogP contribution in [0, 0.1) is 0 Å². The first kappa shape index (κ1) is 15.7. The van der Waals surface area contributed by atoms with Crippen LogP contribution in [0.2, 0.25) is 0 Å². The van der Waals surface area contributed by atoms with Crippen molar-refractivity contribution in [1.82, 2.24) is 0 Å². The lowest BCUT2D eigenvalue weighted by molar-refractivity contribution is 0.00696. The van der Waals surface area contributed by atoms with Gasteiger partial charge in [0.15, 0.2) is 0 Å². The Bertz CT molecular complexity index is 669.